The number of rotatable bonds is 2. The van der Waals surface area contributed by atoms with Crippen LogP contribution in [-0.2, 0) is 0 Å². The Hall–Kier alpha value is -1.16. The Bertz CT molecular complexity index is 356. The van der Waals surface area contributed by atoms with Crippen LogP contribution in [0.2, 0.25) is 0 Å². The monoisotopic (exact) mass is 213 g/mol. The van der Waals surface area contributed by atoms with Crippen LogP contribution in [-0.4, -0.2) is 17.3 Å². The molecule has 0 aliphatic heterocycles. The number of hydrogen-bond donors (Lipinski definition) is 2. The highest BCUT2D eigenvalue weighted by Crippen LogP contribution is 2.24. The zero-order valence-corrected chi connectivity index (χ0v) is 8.21. The Balaban J connectivity index is 2.12. The van der Waals surface area contributed by atoms with Crippen molar-refractivity contribution in [3.8, 4) is 0 Å². The lowest BCUT2D eigenvalue weighted by Gasteiger charge is -2.18. The molecule has 0 saturated heterocycles. The molecule has 1 aromatic carbocycles. The summed E-state index contributed by atoms with van der Waals surface area (Å²) in [4.78, 5) is 0. The Morgan fingerprint density at radius 2 is 2.07 bits per heavy atom. The lowest BCUT2D eigenvalue weighted by atomic mass is 10.2. The average molecular weight is 213 g/mol. The fourth-order valence-corrected chi connectivity index (χ4v) is 1.92. The van der Waals surface area contributed by atoms with Crippen LogP contribution in [0, 0.1) is 11.6 Å². The van der Waals surface area contributed by atoms with E-state index in [1.54, 1.807) is 0 Å². The van der Waals surface area contributed by atoms with E-state index in [0.717, 1.165) is 31.0 Å². The van der Waals surface area contributed by atoms with Crippen molar-refractivity contribution in [1.29, 1.82) is 0 Å². The summed E-state index contributed by atoms with van der Waals surface area (Å²) in [7, 11) is 0. The van der Waals surface area contributed by atoms with Crippen LogP contribution in [0.4, 0.5) is 14.5 Å². The highest BCUT2D eigenvalue weighted by Gasteiger charge is 2.25. The number of aliphatic hydroxyl groups excluding tert-OH is 1. The molecular formula is C11H13F2NO. The lowest BCUT2D eigenvalue weighted by Crippen LogP contribution is -2.28. The fourth-order valence-electron chi connectivity index (χ4n) is 1.92. The summed E-state index contributed by atoms with van der Waals surface area (Å²) in [5.74, 6) is -0.970. The van der Waals surface area contributed by atoms with Crippen molar-refractivity contribution < 1.29 is 13.9 Å². The molecule has 0 radical (unpaired) electrons. The summed E-state index contributed by atoms with van der Waals surface area (Å²) >= 11 is 0. The molecule has 0 spiro atoms. The van der Waals surface area contributed by atoms with Crippen LogP contribution in [0.25, 0.3) is 0 Å². The van der Waals surface area contributed by atoms with Gasteiger partial charge in [0.25, 0.3) is 0 Å². The Labute approximate surface area is 86.9 Å². The Kier molecular flexibility index (Phi) is 2.86. The zero-order valence-electron chi connectivity index (χ0n) is 8.21. The van der Waals surface area contributed by atoms with Gasteiger partial charge in [-0.3, -0.25) is 0 Å². The normalized spacial score (nSPS) is 25.5. The molecule has 2 nitrogen and oxygen atoms in total. The minimum atomic E-state index is -0.490. The van der Waals surface area contributed by atoms with Crippen molar-refractivity contribution in [3.63, 3.8) is 0 Å². The first-order valence-corrected chi connectivity index (χ1v) is 5.06. The van der Waals surface area contributed by atoms with E-state index in [-0.39, 0.29) is 11.7 Å². The van der Waals surface area contributed by atoms with Crippen LogP contribution >= 0.6 is 0 Å². The van der Waals surface area contributed by atoms with E-state index < -0.39 is 17.7 Å². The number of anilines is 1. The van der Waals surface area contributed by atoms with Crippen LogP contribution in [0.5, 0.6) is 0 Å². The number of benzene rings is 1. The van der Waals surface area contributed by atoms with Gasteiger partial charge >= 0.3 is 0 Å². The maximum atomic E-state index is 13.2. The SMILES string of the molecule is O[C@@H]1CCC[C@H]1Nc1cc(F)ccc1F. The van der Waals surface area contributed by atoms with Gasteiger partial charge in [0.2, 0.25) is 0 Å². The van der Waals surface area contributed by atoms with Crippen LogP contribution in [0.3, 0.4) is 0 Å². The molecule has 4 heteroatoms. The second-order valence-electron chi connectivity index (χ2n) is 3.87. The molecule has 2 rings (SSSR count). The van der Waals surface area contributed by atoms with Crippen molar-refractivity contribution >= 4 is 5.69 Å². The number of halogens is 2. The van der Waals surface area contributed by atoms with Gasteiger partial charge in [0.15, 0.2) is 0 Å². The number of hydrogen-bond acceptors (Lipinski definition) is 2. The van der Waals surface area contributed by atoms with Crippen molar-refractivity contribution in [2.24, 2.45) is 0 Å². The highest BCUT2D eigenvalue weighted by atomic mass is 19.1. The molecule has 0 amide bonds. The second kappa shape index (κ2) is 4.14. The molecule has 0 unspecified atom stereocenters. The van der Waals surface area contributed by atoms with E-state index in [4.69, 9.17) is 0 Å². The van der Waals surface area contributed by atoms with Gasteiger partial charge in [0, 0.05) is 0 Å². The van der Waals surface area contributed by atoms with Gasteiger partial charge in [0.05, 0.1) is 17.8 Å². The molecule has 1 aliphatic carbocycles. The van der Waals surface area contributed by atoms with Crippen molar-refractivity contribution in [3.05, 3.63) is 29.8 Å². The summed E-state index contributed by atoms with van der Waals surface area (Å²) in [6.07, 6.45) is 1.95. The molecule has 82 valence electrons. The summed E-state index contributed by atoms with van der Waals surface area (Å²) in [6.45, 7) is 0. The van der Waals surface area contributed by atoms with Gasteiger partial charge < -0.3 is 10.4 Å². The predicted molar refractivity (Wildman–Crippen MR) is 53.6 cm³/mol. The van der Waals surface area contributed by atoms with Crippen molar-refractivity contribution in [1.82, 2.24) is 0 Å². The molecule has 1 aromatic rings. The fraction of sp³-hybridized carbons (Fsp3) is 0.455. The summed E-state index contributed by atoms with van der Waals surface area (Å²) < 4.78 is 26.1. The summed E-state index contributed by atoms with van der Waals surface area (Å²) in [6, 6.07) is 3.10. The van der Waals surface area contributed by atoms with Gasteiger partial charge in [-0.05, 0) is 37.5 Å². The lowest BCUT2D eigenvalue weighted by molar-refractivity contribution is 0.171. The molecule has 1 saturated carbocycles. The van der Waals surface area contributed by atoms with E-state index in [1.165, 1.54) is 0 Å². The third-order valence-electron chi connectivity index (χ3n) is 2.75. The van der Waals surface area contributed by atoms with E-state index in [1.807, 2.05) is 0 Å². The smallest absolute Gasteiger partial charge is 0.146 e. The standard InChI is InChI=1S/C11H13F2NO/c12-7-4-5-8(13)10(6-7)14-9-2-1-3-11(9)15/h4-6,9,11,14-15H,1-3H2/t9-,11-/m1/s1. The quantitative estimate of drug-likeness (QED) is 0.790. The molecule has 0 heterocycles. The molecule has 1 aliphatic rings. The van der Waals surface area contributed by atoms with Crippen LogP contribution in [0.1, 0.15) is 19.3 Å². The average Bonchev–Trinajstić information content (AvgIpc) is 2.58. The first-order chi connectivity index (χ1) is 7.16. The zero-order chi connectivity index (χ0) is 10.8. The molecule has 15 heavy (non-hydrogen) atoms. The van der Waals surface area contributed by atoms with E-state index in [0.29, 0.717) is 6.42 Å². The maximum Gasteiger partial charge on any atom is 0.146 e. The topological polar surface area (TPSA) is 32.3 Å². The largest absolute Gasteiger partial charge is 0.391 e. The molecule has 0 bridgehead atoms. The van der Waals surface area contributed by atoms with Gasteiger partial charge in [-0.15, -0.1) is 0 Å². The summed E-state index contributed by atoms with van der Waals surface area (Å²) in [5, 5.41) is 12.4. The first-order valence-electron chi connectivity index (χ1n) is 5.06. The van der Waals surface area contributed by atoms with Gasteiger partial charge in [-0.2, -0.15) is 0 Å². The van der Waals surface area contributed by atoms with E-state index >= 15 is 0 Å². The minimum absolute atomic E-state index is 0.126. The predicted octanol–water partition coefficient (Wildman–Crippen LogP) is 2.29. The van der Waals surface area contributed by atoms with Crippen LogP contribution < -0.4 is 5.32 Å². The first kappa shape index (κ1) is 10.4. The highest BCUT2D eigenvalue weighted by molar-refractivity contribution is 5.46. The van der Waals surface area contributed by atoms with Crippen molar-refractivity contribution in [2.45, 2.75) is 31.4 Å². The van der Waals surface area contributed by atoms with Gasteiger partial charge in [-0.1, -0.05) is 0 Å². The molecule has 1 fully saturated rings. The maximum absolute atomic E-state index is 13.2. The van der Waals surface area contributed by atoms with Crippen molar-refractivity contribution in [2.75, 3.05) is 5.32 Å². The third kappa shape index (κ3) is 2.26. The Morgan fingerprint density at radius 3 is 2.73 bits per heavy atom. The minimum Gasteiger partial charge on any atom is -0.391 e. The van der Waals surface area contributed by atoms with Gasteiger partial charge in [-0.25, -0.2) is 8.78 Å². The van der Waals surface area contributed by atoms with E-state index in [2.05, 4.69) is 5.32 Å². The molecule has 0 aromatic heterocycles. The summed E-state index contributed by atoms with van der Waals surface area (Å²) in [5.41, 5.74) is 0.126. The molecule has 2 atom stereocenters. The number of nitrogens with one attached hydrogen (secondary N) is 1. The van der Waals surface area contributed by atoms with E-state index in [9.17, 15) is 13.9 Å². The Morgan fingerprint density at radius 1 is 1.27 bits per heavy atom. The molecule has 2 N–H and O–H groups in total. The number of aliphatic hydroxyl groups is 1. The van der Waals surface area contributed by atoms with Crippen LogP contribution in [0.15, 0.2) is 18.2 Å². The second-order valence-corrected chi connectivity index (χ2v) is 3.87. The molecular weight excluding hydrogens is 200 g/mol. The van der Waals surface area contributed by atoms with Gasteiger partial charge in [0.1, 0.15) is 11.6 Å². The third-order valence-corrected chi connectivity index (χ3v) is 2.75.